The Morgan fingerprint density at radius 2 is 1.61 bits per heavy atom. The summed E-state index contributed by atoms with van der Waals surface area (Å²) in [6, 6.07) is 4.08. The molecule has 1 aromatic heterocycles. The molecule has 7 N–H and O–H groups in total. The van der Waals surface area contributed by atoms with Crippen molar-refractivity contribution >= 4 is 48.9 Å². The number of aliphatic hydroxyl groups is 5. The molecule has 51 heavy (non-hydrogen) atoms. The number of aromatic amines is 1. The fourth-order valence-corrected chi connectivity index (χ4v) is 8.70. The van der Waals surface area contributed by atoms with Gasteiger partial charge < -0.3 is 54.4 Å². The minimum Gasteiger partial charge on any atom is -0.756 e. The van der Waals surface area contributed by atoms with Crippen molar-refractivity contribution < 1.29 is 120 Å². The van der Waals surface area contributed by atoms with E-state index in [1.807, 2.05) is 4.98 Å². The number of hydrogen-bond donors (Lipinski definition) is 7. The fourth-order valence-electron chi connectivity index (χ4n) is 4.39. The van der Waals surface area contributed by atoms with Crippen LogP contribution in [0.3, 0.4) is 0 Å². The van der Waals surface area contributed by atoms with E-state index in [4.69, 9.17) is 9.47 Å². The first kappa shape index (κ1) is 45.8. The van der Waals surface area contributed by atoms with Crippen LogP contribution < -0.4 is 58.8 Å². The van der Waals surface area contributed by atoms with Crippen molar-refractivity contribution in [3.05, 3.63) is 67.0 Å². The first-order valence-electron chi connectivity index (χ1n) is 13.3. The first-order chi connectivity index (χ1) is 22.8. The van der Waals surface area contributed by atoms with Gasteiger partial charge in [-0.2, -0.15) is 0 Å². The van der Waals surface area contributed by atoms with Crippen LogP contribution in [0.2, 0.25) is 0 Å². The molecule has 0 saturated carbocycles. The van der Waals surface area contributed by atoms with Crippen molar-refractivity contribution in [2.24, 2.45) is 0 Å². The number of phosphoric ester groups is 2. The van der Waals surface area contributed by atoms with E-state index >= 15 is 0 Å². The Balaban J connectivity index is 0.00000451. The molecule has 0 bridgehead atoms. The Labute approximate surface area is 316 Å². The quantitative estimate of drug-likeness (QED) is 0.0307. The number of hydrogen-bond acceptors (Lipinski definition) is 21. The van der Waals surface area contributed by atoms with Crippen molar-refractivity contribution in [1.82, 2.24) is 9.55 Å². The molecule has 11 atom stereocenters. The van der Waals surface area contributed by atoms with Gasteiger partial charge in [0.15, 0.2) is 12.5 Å². The standard InChI is InChI=1S/C22H27N3O20P2S2.2Li/c26-13-3-4-24(22(34)23-13)19-17(30)14(27)11(42-19)6-41-46(37,38)45-47(39,40)44-21-18(31)16(29)15(28)12(43-21)7-48-49-8-1-2-10(25(35)36)9(5-8)20(32)33;;/h1-5,11-12,14-19,21,27-31H,6-7H2,(H,32,33)(H,37,38)(H,39,40)(H,23,26,34);;/q;2*+1/p-2/t11?,12-,14?,15+,16+,17?,18-,19?,21?;;/m1../s1. The molecule has 2 aromatic rings. The van der Waals surface area contributed by atoms with E-state index in [2.05, 4.69) is 13.4 Å². The molecule has 0 amide bonds. The van der Waals surface area contributed by atoms with Gasteiger partial charge in [-0.05, 0) is 12.1 Å². The molecule has 272 valence electrons. The van der Waals surface area contributed by atoms with Crippen molar-refractivity contribution in [2.75, 3.05) is 12.4 Å². The summed E-state index contributed by atoms with van der Waals surface area (Å²) in [5, 5.41) is 71.5. The predicted molar refractivity (Wildman–Crippen MR) is 156 cm³/mol. The second-order valence-electron chi connectivity index (χ2n) is 10.1. The molecule has 23 nitrogen and oxygen atoms in total. The summed E-state index contributed by atoms with van der Waals surface area (Å²) < 4.78 is 48.7. The summed E-state index contributed by atoms with van der Waals surface area (Å²) in [4.78, 5) is 71.6. The minimum atomic E-state index is -6.04. The van der Waals surface area contributed by atoms with Crippen LogP contribution in [-0.4, -0.2) is 112 Å². The average molecular weight is 791 g/mol. The topological polar surface area (TPSA) is 363 Å². The van der Waals surface area contributed by atoms with Crippen LogP contribution >= 0.6 is 37.2 Å². The number of nitrogens with zero attached hydrogens (tertiary/aromatic N) is 2. The Morgan fingerprint density at radius 3 is 2.22 bits per heavy atom. The number of nitrogens with one attached hydrogen (secondary N) is 1. The maximum atomic E-state index is 12.4. The van der Waals surface area contributed by atoms with E-state index in [-0.39, 0.29) is 48.4 Å². The van der Waals surface area contributed by atoms with Gasteiger partial charge in [0.05, 0.1) is 17.6 Å². The van der Waals surface area contributed by atoms with Crippen molar-refractivity contribution in [3.8, 4) is 0 Å². The second kappa shape index (κ2) is 18.8. The summed E-state index contributed by atoms with van der Waals surface area (Å²) in [5.74, 6) is -1.87. The Bertz CT molecular complexity index is 1770. The number of aliphatic hydroxyl groups excluding tert-OH is 5. The molecule has 1 aromatic carbocycles. The number of nitro groups is 1. The molecule has 0 aliphatic carbocycles. The third-order valence-electron chi connectivity index (χ3n) is 6.74. The molecule has 2 aliphatic heterocycles. The molecular formula is C22H25Li2N3O20P2S2. The third-order valence-corrected chi connectivity index (χ3v) is 11.6. The number of nitro benzene ring substituents is 1. The van der Waals surface area contributed by atoms with Gasteiger partial charge in [0.2, 0.25) is 0 Å². The van der Waals surface area contributed by atoms with E-state index in [0.717, 1.165) is 46.0 Å². The van der Waals surface area contributed by atoms with Crippen LogP contribution in [-0.2, 0) is 32.0 Å². The largest absolute Gasteiger partial charge is 1.00 e. The Kier molecular flexibility index (Phi) is 16.9. The van der Waals surface area contributed by atoms with E-state index < -0.39 is 111 Å². The number of carbonyl (C=O) groups is 1. The second-order valence-corrected chi connectivity index (χ2v) is 15.4. The number of carboxylic acid groups (broad SMARTS) is 1. The zero-order valence-electron chi connectivity index (χ0n) is 26.0. The first-order valence-corrected chi connectivity index (χ1v) is 18.5. The molecule has 0 radical (unpaired) electrons. The van der Waals surface area contributed by atoms with Gasteiger partial charge in [0.1, 0.15) is 42.2 Å². The summed E-state index contributed by atoms with van der Waals surface area (Å²) >= 11 is 0. The number of H-pyrrole nitrogens is 1. The number of ether oxygens (including phenoxy) is 2. The number of phosphoric acid groups is 2. The summed E-state index contributed by atoms with van der Waals surface area (Å²) in [5.41, 5.74) is -3.11. The summed E-state index contributed by atoms with van der Waals surface area (Å²) in [6.07, 6.45) is -16.2. The van der Waals surface area contributed by atoms with Crippen LogP contribution in [0.25, 0.3) is 0 Å². The Hall–Kier alpha value is -1.36. The maximum absolute atomic E-state index is 12.4. The summed E-state index contributed by atoms with van der Waals surface area (Å²) in [7, 11) is -10.2. The molecule has 2 aliphatic rings. The van der Waals surface area contributed by atoms with Crippen LogP contribution in [0.15, 0.2) is 44.9 Å². The van der Waals surface area contributed by atoms with E-state index in [1.165, 1.54) is 6.07 Å². The molecule has 4 rings (SSSR count). The average Bonchev–Trinajstić information content (AvgIpc) is 3.29. The van der Waals surface area contributed by atoms with E-state index in [0.29, 0.717) is 4.57 Å². The van der Waals surface area contributed by atoms with Gasteiger partial charge >= 0.3 is 49.4 Å². The minimum absolute atomic E-state index is 0. The number of rotatable bonds is 14. The van der Waals surface area contributed by atoms with Gasteiger partial charge in [-0.1, -0.05) is 21.6 Å². The molecule has 7 unspecified atom stereocenters. The zero-order chi connectivity index (χ0) is 36.4. The van der Waals surface area contributed by atoms with Crippen molar-refractivity contribution in [3.63, 3.8) is 0 Å². The SMILES string of the molecule is O=C(O)c1cc(SSC[C@H]2OC(OP(=O)([O-])OP(=O)([O-])OCC3OC(n4ccc(=O)[nH]c4=O)C(O)C3O)[C@H](O)[C@@H](O)[C@H]2O)ccc1[N+](=O)[O-].[Li+].[Li+]. The van der Waals surface area contributed by atoms with Gasteiger partial charge in [0, 0.05) is 29.0 Å². The van der Waals surface area contributed by atoms with Crippen LogP contribution in [0.4, 0.5) is 5.69 Å². The smallest absolute Gasteiger partial charge is 0.756 e. The fraction of sp³-hybridized carbons (Fsp3) is 0.500. The molecule has 3 heterocycles. The molecular weight excluding hydrogens is 766 g/mol. The monoisotopic (exact) mass is 791 g/mol. The van der Waals surface area contributed by atoms with Crippen LogP contribution in [0, 0.1) is 10.1 Å². The van der Waals surface area contributed by atoms with Gasteiger partial charge in [0.25, 0.3) is 26.9 Å². The van der Waals surface area contributed by atoms with Gasteiger partial charge in [-0.15, -0.1) is 0 Å². The van der Waals surface area contributed by atoms with Gasteiger partial charge in [-0.25, -0.2) is 13.9 Å². The number of aromatic nitrogens is 2. The Morgan fingerprint density at radius 1 is 0.961 bits per heavy atom. The maximum Gasteiger partial charge on any atom is 1.00 e. The van der Waals surface area contributed by atoms with E-state index in [9.17, 15) is 74.1 Å². The molecule has 0 spiro atoms. The van der Waals surface area contributed by atoms with Crippen LogP contribution in [0.1, 0.15) is 16.6 Å². The zero-order valence-corrected chi connectivity index (χ0v) is 29.4. The number of benzene rings is 1. The number of carboxylic acids is 1. The molecule has 29 heteroatoms. The molecule has 2 saturated heterocycles. The summed E-state index contributed by atoms with van der Waals surface area (Å²) in [6.45, 7) is -1.17. The predicted octanol–water partition coefficient (Wildman–Crippen LogP) is -9.00. The molecule has 2 fully saturated rings. The number of aromatic carboxylic acids is 1. The van der Waals surface area contributed by atoms with Crippen molar-refractivity contribution in [2.45, 2.75) is 60.1 Å². The van der Waals surface area contributed by atoms with E-state index in [1.54, 1.807) is 0 Å². The normalized spacial score (nSPS) is 29.9. The van der Waals surface area contributed by atoms with Crippen LogP contribution in [0.5, 0.6) is 0 Å². The van der Waals surface area contributed by atoms with Crippen molar-refractivity contribution in [1.29, 1.82) is 0 Å². The van der Waals surface area contributed by atoms with Gasteiger partial charge in [-0.3, -0.25) is 38.1 Å². The third kappa shape index (κ3) is 11.6.